The first-order chi connectivity index (χ1) is 7.33. The molecule has 2 nitrogen and oxygen atoms in total. The highest BCUT2D eigenvalue weighted by Crippen LogP contribution is 2.50. The van der Waals surface area contributed by atoms with Crippen LogP contribution in [0.25, 0.3) is 0 Å². The van der Waals surface area contributed by atoms with Crippen molar-refractivity contribution < 1.29 is 4.39 Å². The predicted octanol–water partition coefficient (Wildman–Crippen LogP) is 2.21. The van der Waals surface area contributed by atoms with Gasteiger partial charge in [-0.25, -0.2) is 4.39 Å². The van der Waals surface area contributed by atoms with Gasteiger partial charge in [0, 0.05) is 17.3 Å². The highest BCUT2D eigenvalue weighted by atomic mass is 19.1. The van der Waals surface area contributed by atoms with Crippen molar-refractivity contribution in [1.29, 1.82) is 0 Å². The SMILES string of the molecule is Fc1cnccc1C1(C2CC2)CCCN1. The Kier molecular flexibility index (Phi) is 2.02. The predicted molar refractivity (Wildman–Crippen MR) is 55.8 cm³/mol. The van der Waals surface area contributed by atoms with Crippen molar-refractivity contribution >= 4 is 0 Å². The highest BCUT2D eigenvalue weighted by molar-refractivity contribution is 5.28. The zero-order valence-corrected chi connectivity index (χ0v) is 8.67. The molecule has 3 rings (SSSR count). The van der Waals surface area contributed by atoms with E-state index < -0.39 is 0 Å². The van der Waals surface area contributed by atoms with Crippen LogP contribution < -0.4 is 5.32 Å². The summed E-state index contributed by atoms with van der Waals surface area (Å²) in [6.07, 6.45) is 7.71. The van der Waals surface area contributed by atoms with Crippen molar-refractivity contribution in [3.63, 3.8) is 0 Å². The Labute approximate surface area is 88.9 Å². The topological polar surface area (TPSA) is 24.9 Å². The number of hydrogen-bond donors (Lipinski definition) is 1. The Balaban J connectivity index is 2.05. The van der Waals surface area contributed by atoms with Gasteiger partial charge in [-0.1, -0.05) is 0 Å². The van der Waals surface area contributed by atoms with Crippen molar-refractivity contribution in [2.45, 2.75) is 31.2 Å². The molecule has 1 atom stereocenters. The van der Waals surface area contributed by atoms with Crippen LogP contribution in [0.1, 0.15) is 31.2 Å². The number of hydrogen-bond acceptors (Lipinski definition) is 2. The minimum absolute atomic E-state index is 0.0764. The third-order valence-electron chi connectivity index (χ3n) is 3.72. The maximum absolute atomic E-state index is 13.8. The summed E-state index contributed by atoms with van der Waals surface area (Å²) in [7, 11) is 0. The fraction of sp³-hybridized carbons (Fsp3) is 0.583. The van der Waals surface area contributed by atoms with E-state index in [1.807, 2.05) is 6.07 Å². The minimum atomic E-state index is -0.154. The third-order valence-corrected chi connectivity index (χ3v) is 3.72. The molecule has 1 saturated heterocycles. The van der Waals surface area contributed by atoms with Crippen LogP contribution in [0, 0.1) is 11.7 Å². The van der Waals surface area contributed by atoms with Crippen LogP contribution in [0.4, 0.5) is 4.39 Å². The van der Waals surface area contributed by atoms with Crippen LogP contribution in [-0.4, -0.2) is 11.5 Å². The van der Waals surface area contributed by atoms with Crippen LogP contribution in [0.15, 0.2) is 18.5 Å². The van der Waals surface area contributed by atoms with Gasteiger partial charge in [-0.3, -0.25) is 4.98 Å². The van der Waals surface area contributed by atoms with Crippen molar-refractivity contribution in [3.05, 3.63) is 29.8 Å². The molecule has 15 heavy (non-hydrogen) atoms. The maximum atomic E-state index is 13.8. The van der Waals surface area contributed by atoms with Gasteiger partial charge in [0.1, 0.15) is 5.82 Å². The summed E-state index contributed by atoms with van der Waals surface area (Å²) in [5.41, 5.74) is 0.755. The van der Waals surface area contributed by atoms with Crippen LogP contribution in [0.5, 0.6) is 0 Å². The van der Waals surface area contributed by atoms with Gasteiger partial charge < -0.3 is 5.32 Å². The van der Waals surface area contributed by atoms with E-state index in [0.29, 0.717) is 5.92 Å². The van der Waals surface area contributed by atoms with Gasteiger partial charge in [-0.2, -0.15) is 0 Å². The molecule has 1 saturated carbocycles. The molecule has 1 aromatic rings. The molecule has 2 fully saturated rings. The molecule has 3 heteroatoms. The fourth-order valence-electron chi connectivity index (χ4n) is 2.88. The molecule has 1 aliphatic carbocycles. The molecule has 1 aromatic heterocycles. The van der Waals surface area contributed by atoms with Gasteiger partial charge in [-0.05, 0) is 44.2 Å². The van der Waals surface area contributed by atoms with Gasteiger partial charge in [-0.15, -0.1) is 0 Å². The first-order valence-electron chi connectivity index (χ1n) is 5.68. The van der Waals surface area contributed by atoms with Crippen molar-refractivity contribution in [1.82, 2.24) is 10.3 Å². The largest absolute Gasteiger partial charge is 0.307 e. The van der Waals surface area contributed by atoms with Crippen molar-refractivity contribution in [3.8, 4) is 0 Å². The lowest BCUT2D eigenvalue weighted by molar-refractivity contribution is 0.321. The molecule has 2 aliphatic rings. The van der Waals surface area contributed by atoms with E-state index in [9.17, 15) is 4.39 Å². The molecule has 0 radical (unpaired) electrons. The first-order valence-corrected chi connectivity index (χ1v) is 5.68. The van der Waals surface area contributed by atoms with Crippen LogP contribution in [0.3, 0.4) is 0 Å². The molecular weight excluding hydrogens is 191 g/mol. The van der Waals surface area contributed by atoms with Gasteiger partial charge >= 0.3 is 0 Å². The summed E-state index contributed by atoms with van der Waals surface area (Å²) in [6, 6.07) is 1.84. The number of rotatable bonds is 2. The first kappa shape index (κ1) is 9.28. The number of aromatic nitrogens is 1. The molecule has 0 aromatic carbocycles. The molecule has 1 unspecified atom stereocenters. The lowest BCUT2D eigenvalue weighted by atomic mass is 9.84. The van der Waals surface area contributed by atoms with Gasteiger partial charge in [0.25, 0.3) is 0 Å². The molecule has 80 valence electrons. The fourth-order valence-corrected chi connectivity index (χ4v) is 2.88. The minimum Gasteiger partial charge on any atom is -0.307 e. The second kappa shape index (κ2) is 3.27. The van der Waals surface area contributed by atoms with Crippen LogP contribution >= 0.6 is 0 Å². The summed E-state index contributed by atoms with van der Waals surface area (Å²) in [4.78, 5) is 3.82. The summed E-state index contributed by atoms with van der Waals surface area (Å²) in [5, 5.41) is 3.52. The zero-order chi connectivity index (χ0) is 10.3. The summed E-state index contributed by atoms with van der Waals surface area (Å²) >= 11 is 0. The molecule has 0 spiro atoms. The second-order valence-corrected chi connectivity index (χ2v) is 4.63. The standard InChI is InChI=1S/C12H15FN2/c13-11-8-14-7-4-10(11)12(9-2-3-9)5-1-6-15-12/h4,7-9,15H,1-3,5-6H2. The Morgan fingerprint density at radius 3 is 2.93 bits per heavy atom. The van der Waals surface area contributed by atoms with E-state index in [-0.39, 0.29) is 11.4 Å². The molecule has 1 aliphatic heterocycles. The van der Waals surface area contributed by atoms with Gasteiger partial charge in [0.15, 0.2) is 0 Å². The summed E-state index contributed by atoms with van der Waals surface area (Å²) < 4.78 is 13.8. The van der Waals surface area contributed by atoms with E-state index in [1.54, 1.807) is 6.20 Å². The van der Waals surface area contributed by atoms with E-state index in [1.165, 1.54) is 19.0 Å². The Morgan fingerprint density at radius 1 is 1.47 bits per heavy atom. The molecule has 1 N–H and O–H groups in total. The summed E-state index contributed by atoms with van der Waals surface area (Å²) in [6.45, 7) is 1.01. The van der Waals surface area contributed by atoms with Gasteiger partial charge in [0.2, 0.25) is 0 Å². The van der Waals surface area contributed by atoms with Crippen LogP contribution in [0.2, 0.25) is 0 Å². The average Bonchev–Trinajstić information content (AvgIpc) is 3.00. The zero-order valence-electron chi connectivity index (χ0n) is 8.67. The number of nitrogens with one attached hydrogen (secondary N) is 1. The maximum Gasteiger partial charge on any atom is 0.146 e. The van der Waals surface area contributed by atoms with Crippen molar-refractivity contribution in [2.75, 3.05) is 6.54 Å². The normalized spacial score (nSPS) is 30.7. The quantitative estimate of drug-likeness (QED) is 0.802. The smallest absolute Gasteiger partial charge is 0.146 e. The molecule has 0 bridgehead atoms. The third kappa shape index (κ3) is 1.37. The van der Waals surface area contributed by atoms with Crippen LogP contribution in [-0.2, 0) is 5.54 Å². The van der Waals surface area contributed by atoms with Gasteiger partial charge in [0.05, 0.1) is 6.20 Å². The highest BCUT2D eigenvalue weighted by Gasteiger charge is 2.49. The monoisotopic (exact) mass is 206 g/mol. The molecular formula is C12H15FN2. The van der Waals surface area contributed by atoms with E-state index in [2.05, 4.69) is 10.3 Å². The lowest BCUT2D eigenvalue weighted by Crippen LogP contribution is -2.39. The molecule has 2 heterocycles. The second-order valence-electron chi connectivity index (χ2n) is 4.63. The average molecular weight is 206 g/mol. The Hall–Kier alpha value is -0.960. The van der Waals surface area contributed by atoms with Crippen molar-refractivity contribution in [2.24, 2.45) is 5.92 Å². The number of pyridine rings is 1. The lowest BCUT2D eigenvalue weighted by Gasteiger charge is -2.30. The Morgan fingerprint density at radius 2 is 2.33 bits per heavy atom. The van der Waals surface area contributed by atoms with E-state index in [4.69, 9.17) is 0 Å². The number of halogens is 1. The number of nitrogens with zero attached hydrogens (tertiary/aromatic N) is 1. The van der Waals surface area contributed by atoms with E-state index >= 15 is 0 Å². The van der Waals surface area contributed by atoms with E-state index in [0.717, 1.165) is 24.9 Å². The Bertz CT molecular complexity index is 368. The molecule has 0 amide bonds. The summed E-state index contributed by atoms with van der Waals surface area (Å²) in [5.74, 6) is 0.482.